The Morgan fingerprint density at radius 2 is 2.07 bits per heavy atom. The molecule has 0 aliphatic carbocycles. The molecule has 0 radical (unpaired) electrons. The first-order chi connectivity index (χ1) is 13.0. The van der Waals surface area contributed by atoms with Crippen LogP contribution in [0.4, 0.5) is 0 Å². The van der Waals surface area contributed by atoms with Gasteiger partial charge in [-0.1, -0.05) is 12.1 Å². The molecular weight excluding hydrogens is 358 g/mol. The van der Waals surface area contributed by atoms with E-state index in [1.54, 1.807) is 30.3 Å². The van der Waals surface area contributed by atoms with Gasteiger partial charge in [-0.3, -0.25) is 9.79 Å². The third-order valence-electron chi connectivity index (χ3n) is 3.90. The standard InChI is InChI=1S/C20H29N5OS/c1-5-21-20(23-12-10-18-24-14-15(2)27-18)22-11-9-16-7-6-8-17(13-16)19(26)25(3)4/h6-8,13-14H,5,9-12H2,1-4H3,(H2,21,22,23). The molecule has 0 saturated carbocycles. The number of amides is 1. The van der Waals surface area contributed by atoms with Gasteiger partial charge in [0.15, 0.2) is 5.96 Å². The quantitative estimate of drug-likeness (QED) is 0.539. The van der Waals surface area contributed by atoms with Crippen molar-refractivity contribution >= 4 is 23.2 Å². The normalized spacial score (nSPS) is 11.3. The molecule has 0 saturated heterocycles. The summed E-state index contributed by atoms with van der Waals surface area (Å²) in [6, 6.07) is 7.79. The first-order valence-corrected chi connectivity index (χ1v) is 10.0. The highest BCUT2D eigenvalue weighted by Gasteiger charge is 2.08. The molecule has 0 aliphatic heterocycles. The van der Waals surface area contributed by atoms with Crippen LogP contribution in [0.1, 0.15) is 32.7 Å². The van der Waals surface area contributed by atoms with E-state index in [-0.39, 0.29) is 5.91 Å². The number of carbonyl (C=O) groups is 1. The minimum atomic E-state index is 0.0251. The summed E-state index contributed by atoms with van der Waals surface area (Å²) in [5.41, 5.74) is 1.85. The molecule has 0 spiro atoms. The van der Waals surface area contributed by atoms with E-state index in [0.29, 0.717) is 6.54 Å². The first kappa shape index (κ1) is 20.9. The van der Waals surface area contributed by atoms with Gasteiger partial charge < -0.3 is 15.5 Å². The highest BCUT2D eigenvalue weighted by atomic mass is 32.1. The third kappa shape index (κ3) is 7.02. The lowest BCUT2D eigenvalue weighted by atomic mass is 10.1. The number of rotatable bonds is 8. The molecule has 27 heavy (non-hydrogen) atoms. The number of hydrogen-bond acceptors (Lipinski definition) is 4. The van der Waals surface area contributed by atoms with Gasteiger partial charge in [0.25, 0.3) is 5.91 Å². The Labute approximate surface area is 165 Å². The minimum Gasteiger partial charge on any atom is -0.357 e. The Morgan fingerprint density at radius 1 is 1.26 bits per heavy atom. The van der Waals surface area contributed by atoms with Crippen LogP contribution in [-0.2, 0) is 12.8 Å². The lowest BCUT2D eigenvalue weighted by Crippen LogP contribution is -2.38. The largest absolute Gasteiger partial charge is 0.357 e. The zero-order valence-corrected chi connectivity index (χ0v) is 17.4. The average Bonchev–Trinajstić information content (AvgIpc) is 3.06. The Hall–Kier alpha value is -2.41. The van der Waals surface area contributed by atoms with E-state index < -0.39 is 0 Å². The second-order valence-corrected chi connectivity index (χ2v) is 7.77. The van der Waals surface area contributed by atoms with E-state index >= 15 is 0 Å². The van der Waals surface area contributed by atoms with E-state index in [2.05, 4.69) is 34.5 Å². The van der Waals surface area contributed by atoms with Crippen molar-refractivity contribution in [1.82, 2.24) is 20.5 Å². The molecule has 6 nitrogen and oxygen atoms in total. The average molecular weight is 388 g/mol. The predicted molar refractivity (Wildman–Crippen MR) is 113 cm³/mol. The summed E-state index contributed by atoms with van der Waals surface area (Å²) in [5, 5.41) is 7.74. The number of aromatic nitrogens is 1. The second-order valence-electron chi connectivity index (χ2n) is 6.45. The van der Waals surface area contributed by atoms with Gasteiger partial charge in [-0.2, -0.15) is 0 Å². The van der Waals surface area contributed by atoms with Crippen molar-refractivity contribution < 1.29 is 4.79 Å². The molecule has 0 bridgehead atoms. The van der Waals surface area contributed by atoms with Crippen molar-refractivity contribution in [2.24, 2.45) is 4.99 Å². The van der Waals surface area contributed by atoms with Crippen LogP contribution in [0, 0.1) is 6.92 Å². The number of thiazole rings is 1. The number of nitrogens with zero attached hydrogens (tertiary/aromatic N) is 3. The molecular formula is C20H29N5OS. The van der Waals surface area contributed by atoms with Crippen LogP contribution >= 0.6 is 11.3 Å². The molecule has 7 heteroatoms. The van der Waals surface area contributed by atoms with Crippen molar-refractivity contribution in [3.8, 4) is 0 Å². The van der Waals surface area contributed by atoms with Gasteiger partial charge in [-0.25, -0.2) is 4.98 Å². The topological polar surface area (TPSA) is 69.6 Å². The Bertz CT molecular complexity index is 769. The summed E-state index contributed by atoms with van der Waals surface area (Å²) in [7, 11) is 3.53. The van der Waals surface area contributed by atoms with Crippen molar-refractivity contribution in [3.63, 3.8) is 0 Å². The molecule has 2 rings (SSSR count). The molecule has 1 aromatic carbocycles. The highest BCUT2D eigenvalue weighted by Crippen LogP contribution is 2.11. The maximum atomic E-state index is 12.1. The van der Waals surface area contributed by atoms with Gasteiger partial charge in [-0.05, 0) is 38.0 Å². The predicted octanol–water partition coefficient (Wildman–Crippen LogP) is 2.49. The molecule has 146 valence electrons. The summed E-state index contributed by atoms with van der Waals surface area (Å²) < 4.78 is 0. The lowest BCUT2D eigenvalue weighted by Gasteiger charge is -2.13. The van der Waals surface area contributed by atoms with Gasteiger partial charge in [0.1, 0.15) is 0 Å². The minimum absolute atomic E-state index is 0.0251. The van der Waals surface area contributed by atoms with Crippen LogP contribution in [0.25, 0.3) is 0 Å². The van der Waals surface area contributed by atoms with Gasteiger partial charge in [0.05, 0.1) is 5.01 Å². The monoisotopic (exact) mass is 387 g/mol. The van der Waals surface area contributed by atoms with E-state index in [0.717, 1.165) is 48.0 Å². The van der Waals surface area contributed by atoms with Crippen LogP contribution in [0.15, 0.2) is 35.5 Å². The van der Waals surface area contributed by atoms with Crippen LogP contribution in [0.5, 0.6) is 0 Å². The van der Waals surface area contributed by atoms with E-state index in [4.69, 9.17) is 0 Å². The first-order valence-electron chi connectivity index (χ1n) is 9.23. The number of aliphatic imine (C=N–C) groups is 1. The number of nitrogens with one attached hydrogen (secondary N) is 2. The molecule has 2 aromatic rings. The van der Waals surface area contributed by atoms with Crippen LogP contribution in [-0.4, -0.2) is 55.5 Å². The fourth-order valence-corrected chi connectivity index (χ4v) is 3.34. The molecule has 1 amide bonds. The fraction of sp³-hybridized carbons (Fsp3) is 0.450. The smallest absolute Gasteiger partial charge is 0.253 e. The number of hydrogen-bond donors (Lipinski definition) is 2. The maximum absolute atomic E-state index is 12.1. The molecule has 1 aromatic heterocycles. The van der Waals surface area contributed by atoms with E-state index in [1.807, 2.05) is 30.5 Å². The number of benzene rings is 1. The zero-order chi connectivity index (χ0) is 19.6. The summed E-state index contributed by atoms with van der Waals surface area (Å²) in [6.07, 6.45) is 3.58. The van der Waals surface area contributed by atoms with Crippen molar-refractivity contribution in [2.75, 3.05) is 33.7 Å². The maximum Gasteiger partial charge on any atom is 0.253 e. The summed E-state index contributed by atoms with van der Waals surface area (Å²) in [6.45, 7) is 6.39. The van der Waals surface area contributed by atoms with Gasteiger partial charge in [-0.15, -0.1) is 11.3 Å². The Morgan fingerprint density at radius 3 is 2.74 bits per heavy atom. The summed E-state index contributed by atoms with van der Waals surface area (Å²) in [5.74, 6) is 0.837. The van der Waals surface area contributed by atoms with Gasteiger partial charge in [0, 0.05) is 56.8 Å². The van der Waals surface area contributed by atoms with E-state index in [1.165, 1.54) is 4.88 Å². The summed E-state index contributed by atoms with van der Waals surface area (Å²) >= 11 is 1.72. The van der Waals surface area contributed by atoms with Gasteiger partial charge in [0.2, 0.25) is 0 Å². The molecule has 0 aliphatic rings. The van der Waals surface area contributed by atoms with Crippen LogP contribution in [0.3, 0.4) is 0 Å². The Balaban J connectivity index is 1.85. The SMILES string of the molecule is CCNC(=NCCc1ncc(C)s1)NCCc1cccc(C(=O)N(C)C)c1. The van der Waals surface area contributed by atoms with Crippen molar-refractivity contribution in [1.29, 1.82) is 0 Å². The van der Waals surface area contributed by atoms with Crippen LogP contribution < -0.4 is 10.6 Å². The number of aryl methyl sites for hydroxylation is 1. The lowest BCUT2D eigenvalue weighted by molar-refractivity contribution is 0.0827. The van der Waals surface area contributed by atoms with Gasteiger partial charge >= 0.3 is 0 Å². The second kappa shape index (κ2) is 10.7. The van der Waals surface area contributed by atoms with E-state index in [9.17, 15) is 4.79 Å². The van der Waals surface area contributed by atoms with Crippen molar-refractivity contribution in [3.05, 3.63) is 51.5 Å². The third-order valence-corrected chi connectivity index (χ3v) is 4.87. The summed E-state index contributed by atoms with van der Waals surface area (Å²) in [4.78, 5) is 23.9. The molecule has 0 fully saturated rings. The van der Waals surface area contributed by atoms with Crippen molar-refractivity contribution in [2.45, 2.75) is 26.7 Å². The molecule has 2 N–H and O–H groups in total. The fourth-order valence-electron chi connectivity index (χ4n) is 2.57. The molecule has 0 unspecified atom stereocenters. The highest BCUT2D eigenvalue weighted by molar-refractivity contribution is 7.11. The van der Waals surface area contributed by atoms with Crippen LogP contribution in [0.2, 0.25) is 0 Å². The molecule has 1 heterocycles. The molecule has 0 atom stereocenters. The Kier molecular flexibility index (Phi) is 8.26. The zero-order valence-electron chi connectivity index (χ0n) is 16.6. The number of carbonyl (C=O) groups excluding carboxylic acids is 1. The number of guanidine groups is 1.